The molecule has 0 aliphatic rings. The standard InChI is InChI=1S/C19H22N2O6S2/c1-13(22)20-11-10-14-8-9-18(28-14)17(23)12-27-19(24)15-6-4-5-7-16(15)21(2)29(3,25)26/h4-9H,10-12H2,1-3H3,(H,20,22). The van der Waals surface area contributed by atoms with Gasteiger partial charge in [0.25, 0.3) is 0 Å². The van der Waals surface area contributed by atoms with E-state index in [0.29, 0.717) is 17.8 Å². The zero-order valence-corrected chi connectivity index (χ0v) is 17.9. The molecular formula is C19H22N2O6S2. The number of Topliss-reactive ketones (excluding diaryl/α,β-unsaturated/α-hetero) is 1. The van der Waals surface area contributed by atoms with E-state index in [9.17, 15) is 22.8 Å². The predicted octanol–water partition coefficient (Wildman–Crippen LogP) is 1.86. The van der Waals surface area contributed by atoms with Gasteiger partial charge in [-0.15, -0.1) is 11.3 Å². The third kappa shape index (κ3) is 6.40. The van der Waals surface area contributed by atoms with Crippen LogP contribution in [0.1, 0.15) is 31.8 Å². The lowest BCUT2D eigenvalue weighted by Crippen LogP contribution is -2.27. The second-order valence-electron chi connectivity index (χ2n) is 6.25. The van der Waals surface area contributed by atoms with Gasteiger partial charge in [-0.3, -0.25) is 13.9 Å². The van der Waals surface area contributed by atoms with Crippen molar-refractivity contribution in [1.82, 2.24) is 5.32 Å². The van der Waals surface area contributed by atoms with Crippen LogP contribution in [-0.4, -0.2) is 52.5 Å². The Morgan fingerprint density at radius 3 is 2.48 bits per heavy atom. The molecule has 8 nitrogen and oxygen atoms in total. The Kier molecular flexibility index (Phi) is 7.52. The molecule has 2 aromatic rings. The van der Waals surface area contributed by atoms with E-state index in [4.69, 9.17) is 4.74 Å². The Hall–Kier alpha value is -2.72. The van der Waals surface area contributed by atoms with Gasteiger partial charge in [0.2, 0.25) is 21.7 Å². The van der Waals surface area contributed by atoms with Crippen LogP contribution in [0.5, 0.6) is 0 Å². The summed E-state index contributed by atoms with van der Waals surface area (Å²) in [6, 6.07) is 9.55. The number of ketones is 1. The van der Waals surface area contributed by atoms with Crippen molar-refractivity contribution in [2.45, 2.75) is 13.3 Å². The minimum atomic E-state index is -3.56. The number of hydrogen-bond donors (Lipinski definition) is 1. The van der Waals surface area contributed by atoms with Crippen LogP contribution in [0.2, 0.25) is 0 Å². The van der Waals surface area contributed by atoms with Crippen molar-refractivity contribution in [3.63, 3.8) is 0 Å². The molecule has 1 N–H and O–H groups in total. The average Bonchev–Trinajstić information content (AvgIpc) is 3.13. The van der Waals surface area contributed by atoms with Gasteiger partial charge in [0, 0.05) is 25.4 Å². The number of sulfonamides is 1. The molecule has 0 atom stereocenters. The number of carbonyl (C=O) groups excluding carboxylic acids is 3. The summed E-state index contributed by atoms with van der Waals surface area (Å²) in [7, 11) is -2.23. The lowest BCUT2D eigenvalue weighted by Gasteiger charge is -2.19. The van der Waals surface area contributed by atoms with Crippen LogP contribution < -0.4 is 9.62 Å². The van der Waals surface area contributed by atoms with Crippen molar-refractivity contribution in [3.8, 4) is 0 Å². The van der Waals surface area contributed by atoms with Gasteiger partial charge in [-0.25, -0.2) is 13.2 Å². The molecule has 1 aromatic heterocycles. The third-order valence-electron chi connectivity index (χ3n) is 3.98. The number of benzene rings is 1. The first-order valence-corrected chi connectivity index (χ1v) is 11.3. The first-order chi connectivity index (χ1) is 13.6. The van der Waals surface area contributed by atoms with Gasteiger partial charge in [-0.1, -0.05) is 12.1 Å². The number of amides is 1. The summed E-state index contributed by atoms with van der Waals surface area (Å²) in [6.45, 7) is 1.45. The summed E-state index contributed by atoms with van der Waals surface area (Å²) in [5.41, 5.74) is 0.222. The lowest BCUT2D eigenvalue weighted by atomic mass is 10.2. The van der Waals surface area contributed by atoms with E-state index in [1.807, 2.05) is 0 Å². The molecule has 1 heterocycles. The molecule has 0 aliphatic carbocycles. The number of nitrogens with zero attached hydrogens (tertiary/aromatic N) is 1. The van der Waals surface area contributed by atoms with E-state index in [1.165, 1.54) is 37.4 Å². The van der Waals surface area contributed by atoms with Gasteiger partial charge in [0.1, 0.15) is 0 Å². The highest BCUT2D eigenvalue weighted by atomic mass is 32.2. The average molecular weight is 439 g/mol. The number of carbonyl (C=O) groups is 3. The van der Waals surface area contributed by atoms with Crippen molar-refractivity contribution >= 4 is 44.7 Å². The van der Waals surface area contributed by atoms with Crippen LogP contribution in [-0.2, 0) is 26.0 Å². The van der Waals surface area contributed by atoms with Crippen LogP contribution in [0.4, 0.5) is 5.69 Å². The quantitative estimate of drug-likeness (QED) is 0.473. The van der Waals surface area contributed by atoms with Crippen molar-refractivity contribution in [1.29, 1.82) is 0 Å². The molecule has 0 saturated carbocycles. The minimum Gasteiger partial charge on any atom is -0.454 e. The fourth-order valence-electron chi connectivity index (χ4n) is 2.40. The van der Waals surface area contributed by atoms with Crippen molar-refractivity contribution in [2.75, 3.05) is 30.8 Å². The van der Waals surface area contributed by atoms with Crippen LogP contribution in [0.3, 0.4) is 0 Å². The smallest absolute Gasteiger partial charge is 0.340 e. The maximum absolute atomic E-state index is 12.4. The number of hydrogen-bond acceptors (Lipinski definition) is 7. The molecule has 1 aromatic carbocycles. The Morgan fingerprint density at radius 2 is 1.83 bits per heavy atom. The second-order valence-corrected chi connectivity index (χ2v) is 9.43. The van der Waals surface area contributed by atoms with Gasteiger partial charge in [-0.2, -0.15) is 0 Å². The van der Waals surface area contributed by atoms with Crippen LogP contribution >= 0.6 is 11.3 Å². The molecule has 0 radical (unpaired) electrons. The summed E-state index contributed by atoms with van der Waals surface area (Å²) in [6.07, 6.45) is 1.63. The number of anilines is 1. The number of rotatable bonds is 9. The summed E-state index contributed by atoms with van der Waals surface area (Å²) >= 11 is 1.27. The molecule has 0 fully saturated rings. The van der Waals surface area contributed by atoms with Crippen LogP contribution in [0.25, 0.3) is 0 Å². The van der Waals surface area contributed by atoms with E-state index in [0.717, 1.165) is 15.4 Å². The van der Waals surface area contributed by atoms with Crippen LogP contribution in [0, 0.1) is 0 Å². The van der Waals surface area contributed by atoms with Gasteiger partial charge < -0.3 is 10.1 Å². The van der Waals surface area contributed by atoms with Crippen LogP contribution in [0.15, 0.2) is 36.4 Å². The highest BCUT2D eigenvalue weighted by molar-refractivity contribution is 7.92. The largest absolute Gasteiger partial charge is 0.454 e. The molecule has 0 bridgehead atoms. The number of ether oxygens (including phenoxy) is 1. The molecule has 2 rings (SSSR count). The summed E-state index contributed by atoms with van der Waals surface area (Å²) in [4.78, 5) is 37.0. The molecule has 0 spiro atoms. The molecule has 29 heavy (non-hydrogen) atoms. The summed E-state index contributed by atoms with van der Waals surface area (Å²) in [5, 5.41) is 2.68. The maximum atomic E-state index is 12.4. The zero-order chi connectivity index (χ0) is 21.6. The van der Waals surface area contributed by atoms with E-state index in [2.05, 4.69) is 5.32 Å². The minimum absolute atomic E-state index is 0.0513. The maximum Gasteiger partial charge on any atom is 0.340 e. The highest BCUT2D eigenvalue weighted by Crippen LogP contribution is 2.23. The first-order valence-electron chi connectivity index (χ1n) is 8.66. The SMILES string of the molecule is CC(=O)NCCc1ccc(C(=O)COC(=O)c2ccccc2N(C)S(C)(=O)=O)s1. The molecular weight excluding hydrogens is 416 g/mol. The number of esters is 1. The Balaban J connectivity index is 2.00. The van der Waals surface area contributed by atoms with Crippen molar-refractivity contribution in [2.24, 2.45) is 0 Å². The van der Waals surface area contributed by atoms with Crippen molar-refractivity contribution < 1.29 is 27.5 Å². The fourth-order valence-corrected chi connectivity index (χ4v) is 3.85. The summed E-state index contributed by atoms with van der Waals surface area (Å²) < 4.78 is 29.6. The number of nitrogens with one attached hydrogen (secondary N) is 1. The lowest BCUT2D eigenvalue weighted by molar-refractivity contribution is -0.118. The Labute approximate surface area is 173 Å². The summed E-state index contributed by atoms with van der Waals surface area (Å²) in [5.74, 6) is -1.26. The number of thiophene rings is 1. The topological polar surface area (TPSA) is 110 Å². The van der Waals surface area contributed by atoms with Crippen molar-refractivity contribution in [3.05, 3.63) is 51.7 Å². The van der Waals surface area contributed by atoms with E-state index in [-0.39, 0.29) is 22.9 Å². The predicted molar refractivity (Wildman–Crippen MR) is 111 cm³/mol. The van der Waals surface area contributed by atoms with E-state index < -0.39 is 22.6 Å². The molecule has 1 amide bonds. The highest BCUT2D eigenvalue weighted by Gasteiger charge is 2.21. The first kappa shape index (κ1) is 22.6. The zero-order valence-electron chi connectivity index (χ0n) is 16.3. The van der Waals surface area contributed by atoms with Gasteiger partial charge >= 0.3 is 5.97 Å². The number of para-hydroxylation sites is 1. The normalized spacial score (nSPS) is 11.0. The van der Waals surface area contributed by atoms with Gasteiger partial charge in [0.05, 0.1) is 22.4 Å². The monoisotopic (exact) mass is 438 g/mol. The second kappa shape index (κ2) is 9.66. The molecule has 156 valence electrons. The molecule has 0 unspecified atom stereocenters. The van der Waals surface area contributed by atoms with Gasteiger partial charge in [0.15, 0.2) is 6.61 Å². The van der Waals surface area contributed by atoms with E-state index >= 15 is 0 Å². The Bertz CT molecular complexity index is 1010. The third-order valence-corrected chi connectivity index (χ3v) is 6.35. The Morgan fingerprint density at radius 1 is 1.14 bits per heavy atom. The molecule has 0 aliphatic heterocycles. The molecule has 10 heteroatoms. The van der Waals surface area contributed by atoms with E-state index in [1.54, 1.807) is 24.3 Å². The van der Waals surface area contributed by atoms with Gasteiger partial charge in [-0.05, 0) is 30.7 Å². The fraction of sp³-hybridized carbons (Fsp3) is 0.316. The molecule has 0 saturated heterocycles.